The van der Waals surface area contributed by atoms with Crippen LogP contribution in [0.15, 0.2) is 22.6 Å². The fraction of sp³-hybridized carbons (Fsp3) is 0.385. The molecule has 0 spiro atoms. The van der Waals surface area contributed by atoms with E-state index in [1.807, 2.05) is 5.51 Å². The Hall–Kier alpha value is -1.62. The van der Waals surface area contributed by atoms with Crippen LogP contribution in [0.3, 0.4) is 0 Å². The summed E-state index contributed by atoms with van der Waals surface area (Å²) >= 11 is 1.71. The van der Waals surface area contributed by atoms with Crippen molar-refractivity contribution in [2.75, 3.05) is 18.4 Å². The summed E-state index contributed by atoms with van der Waals surface area (Å²) < 4.78 is 1.28. The molecule has 1 aromatic carbocycles. The van der Waals surface area contributed by atoms with Crippen LogP contribution in [-0.2, 0) is 0 Å². The summed E-state index contributed by atoms with van der Waals surface area (Å²) in [5, 5.41) is 6.67. The molecule has 0 bridgehead atoms. The Labute approximate surface area is 109 Å². The van der Waals surface area contributed by atoms with Gasteiger partial charge in [0.15, 0.2) is 5.96 Å². The van der Waals surface area contributed by atoms with Crippen molar-refractivity contribution in [2.45, 2.75) is 18.8 Å². The molecule has 0 radical (unpaired) electrons. The topological polar surface area (TPSA) is 49.3 Å². The Bertz CT molecular complexity index is 627. The molecule has 4 nitrogen and oxygen atoms in total. The standard InChI is InChI=1S/C13H14N4S/c1-2-8(1)11-9(17-13-14-5-6-15-13)3-4-10-12(11)16-7-18-10/h3-4,7-8H,1-2,5-6H2,(H2,14,15,17). The maximum Gasteiger partial charge on any atom is 0.195 e. The van der Waals surface area contributed by atoms with Gasteiger partial charge in [-0.1, -0.05) is 0 Å². The molecule has 0 atom stereocenters. The molecule has 0 amide bonds. The third-order valence-electron chi connectivity index (χ3n) is 3.45. The summed E-state index contributed by atoms with van der Waals surface area (Å²) in [5.74, 6) is 1.58. The molecule has 4 rings (SSSR count). The number of aliphatic imine (C=N–C) groups is 1. The van der Waals surface area contributed by atoms with E-state index in [1.54, 1.807) is 11.3 Å². The second-order valence-electron chi connectivity index (χ2n) is 4.78. The van der Waals surface area contributed by atoms with Gasteiger partial charge in [0.05, 0.1) is 22.3 Å². The minimum Gasteiger partial charge on any atom is -0.354 e. The van der Waals surface area contributed by atoms with E-state index >= 15 is 0 Å². The zero-order chi connectivity index (χ0) is 11.9. The van der Waals surface area contributed by atoms with Crippen LogP contribution in [0.1, 0.15) is 24.3 Å². The number of rotatable bonds is 2. The maximum absolute atomic E-state index is 4.53. The molecule has 1 saturated carbocycles. The Morgan fingerprint density at radius 2 is 2.28 bits per heavy atom. The summed E-state index contributed by atoms with van der Waals surface area (Å²) in [4.78, 5) is 8.93. The number of nitrogens with zero attached hydrogens (tertiary/aromatic N) is 2. The minimum absolute atomic E-state index is 0.681. The molecule has 5 heteroatoms. The first-order chi connectivity index (χ1) is 8.92. The molecular formula is C13H14N4S. The Morgan fingerprint density at radius 3 is 3.06 bits per heavy atom. The lowest BCUT2D eigenvalue weighted by atomic mass is 10.1. The van der Waals surface area contributed by atoms with Crippen molar-refractivity contribution in [3.05, 3.63) is 23.2 Å². The number of hydrogen-bond donors (Lipinski definition) is 2. The van der Waals surface area contributed by atoms with Gasteiger partial charge in [0.25, 0.3) is 0 Å². The quantitative estimate of drug-likeness (QED) is 0.870. The molecule has 1 aromatic heterocycles. The molecule has 2 aromatic rings. The average molecular weight is 258 g/mol. The van der Waals surface area contributed by atoms with Gasteiger partial charge in [-0.25, -0.2) is 4.98 Å². The molecule has 18 heavy (non-hydrogen) atoms. The van der Waals surface area contributed by atoms with Crippen molar-refractivity contribution in [3.63, 3.8) is 0 Å². The van der Waals surface area contributed by atoms with Crippen LogP contribution < -0.4 is 10.6 Å². The average Bonchev–Trinajstić information content (AvgIpc) is 2.90. The Balaban J connectivity index is 1.80. The number of anilines is 1. The molecular weight excluding hydrogens is 244 g/mol. The molecule has 1 fully saturated rings. The number of aromatic nitrogens is 1. The number of nitrogens with one attached hydrogen (secondary N) is 2. The van der Waals surface area contributed by atoms with Crippen LogP contribution in [0, 0.1) is 0 Å². The van der Waals surface area contributed by atoms with Crippen LogP contribution in [0.4, 0.5) is 5.69 Å². The lowest BCUT2D eigenvalue weighted by Crippen LogP contribution is -2.26. The van der Waals surface area contributed by atoms with Crippen LogP contribution in [0.2, 0.25) is 0 Å². The summed E-state index contributed by atoms with van der Waals surface area (Å²) in [5.41, 5.74) is 5.66. The van der Waals surface area contributed by atoms with E-state index in [2.05, 4.69) is 32.7 Å². The molecule has 1 aliphatic heterocycles. The van der Waals surface area contributed by atoms with Gasteiger partial charge in [-0.2, -0.15) is 0 Å². The third kappa shape index (κ3) is 1.66. The summed E-state index contributed by atoms with van der Waals surface area (Å²) in [6.45, 7) is 1.79. The first kappa shape index (κ1) is 10.3. The highest BCUT2D eigenvalue weighted by Crippen LogP contribution is 2.46. The number of hydrogen-bond acceptors (Lipinski definition) is 5. The summed E-state index contributed by atoms with van der Waals surface area (Å²) in [6.07, 6.45) is 2.57. The zero-order valence-electron chi connectivity index (χ0n) is 9.94. The van der Waals surface area contributed by atoms with Gasteiger partial charge in [0.1, 0.15) is 0 Å². The van der Waals surface area contributed by atoms with E-state index < -0.39 is 0 Å². The van der Waals surface area contributed by atoms with E-state index in [4.69, 9.17) is 0 Å². The van der Waals surface area contributed by atoms with Crippen LogP contribution in [0.25, 0.3) is 10.2 Å². The molecule has 0 unspecified atom stereocenters. The predicted molar refractivity (Wildman–Crippen MR) is 75.5 cm³/mol. The van der Waals surface area contributed by atoms with Crippen molar-refractivity contribution < 1.29 is 0 Å². The second-order valence-corrected chi connectivity index (χ2v) is 5.67. The largest absolute Gasteiger partial charge is 0.354 e. The summed E-state index contributed by atoms with van der Waals surface area (Å²) in [7, 11) is 0. The number of guanidine groups is 1. The fourth-order valence-electron chi connectivity index (χ4n) is 2.46. The van der Waals surface area contributed by atoms with Gasteiger partial charge in [-0.15, -0.1) is 11.3 Å². The summed E-state index contributed by atoms with van der Waals surface area (Å²) in [6, 6.07) is 4.31. The highest BCUT2D eigenvalue weighted by Gasteiger charge is 2.29. The highest BCUT2D eigenvalue weighted by molar-refractivity contribution is 7.16. The molecule has 0 saturated heterocycles. The Morgan fingerprint density at radius 1 is 1.33 bits per heavy atom. The predicted octanol–water partition coefficient (Wildman–Crippen LogP) is 2.54. The van der Waals surface area contributed by atoms with Crippen molar-refractivity contribution in [1.82, 2.24) is 10.3 Å². The monoisotopic (exact) mass is 258 g/mol. The molecule has 92 valence electrons. The lowest BCUT2D eigenvalue weighted by molar-refractivity contribution is 0.959. The molecule has 2 aliphatic rings. The molecule has 1 aliphatic carbocycles. The van der Waals surface area contributed by atoms with Gasteiger partial charge < -0.3 is 10.6 Å². The third-order valence-corrected chi connectivity index (χ3v) is 4.25. The lowest BCUT2D eigenvalue weighted by Gasteiger charge is -2.12. The van der Waals surface area contributed by atoms with Gasteiger partial charge in [0.2, 0.25) is 0 Å². The normalized spacial score (nSPS) is 18.8. The van der Waals surface area contributed by atoms with E-state index in [9.17, 15) is 0 Å². The number of fused-ring (bicyclic) bond motifs is 1. The smallest absolute Gasteiger partial charge is 0.195 e. The van der Waals surface area contributed by atoms with E-state index in [-0.39, 0.29) is 0 Å². The van der Waals surface area contributed by atoms with Crippen molar-refractivity contribution in [1.29, 1.82) is 0 Å². The number of benzene rings is 1. The highest BCUT2D eigenvalue weighted by atomic mass is 32.1. The molecule has 2 heterocycles. The zero-order valence-corrected chi connectivity index (χ0v) is 10.8. The first-order valence-electron chi connectivity index (χ1n) is 6.33. The van der Waals surface area contributed by atoms with Gasteiger partial charge >= 0.3 is 0 Å². The van der Waals surface area contributed by atoms with Gasteiger partial charge in [-0.3, -0.25) is 4.99 Å². The van der Waals surface area contributed by atoms with Gasteiger partial charge in [-0.05, 0) is 30.9 Å². The maximum atomic E-state index is 4.53. The second kappa shape index (κ2) is 3.95. The number of thiazole rings is 1. The van der Waals surface area contributed by atoms with Gasteiger partial charge in [0, 0.05) is 17.8 Å². The van der Waals surface area contributed by atoms with Crippen molar-refractivity contribution in [2.24, 2.45) is 4.99 Å². The first-order valence-corrected chi connectivity index (χ1v) is 7.21. The fourth-order valence-corrected chi connectivity index (χ4v) is 3.15. The van der Waals surface area contributed by atoms with E-state index in [0.717, 1.165) is 19.0 Å². The van der Waals surface area contributed by atoms with Crippen LogP contribution in [0.5, 0.6) is 0 Å². The van der Waals surface area contributed by atoms with Crippen molar-refractivity contribution >= 4 is 33.2 Å². The Kier molecular flexibility index (Phi) is 2.26. The van der Waals surface area contributed by atoms with Crippen molar-refractivity contribution in [3.8, 4) is 0 Å². The molecule has 2 N–H and O–H groups in total. The van der Waals surface area contributed by atoms with E-state index in [0.29, 0.717) is 5.92 Å². The minimum atomic E-state index is 0.681. The van der Waals surface area contributed by atoms with Crippen LogP contribution >= 0.6 is 11.3 Å². The van der Waals surface area contributed by atoms with Crippen LogP contribution in [-0.4, -0.2) is 24.0 Å². The van der Waals surface area contributed by atoms with E-state index in [1.165, 1.54) is 34.3 Å². The SMILES string of the molecule is c1nc2c(C3CC3)c(NC3=NCCN3)ccc2s1.